The Hall–Kier alpha value is -2.95. The molecule has 0 aliphatic carbocycles. The normalized spacial score (nSPS) is 15.4. The number of nitrogens with zero attached hydrogens (tertiary/aromatic N) is 1. The van der Waals surface area contributed by atoms with Gasteiger partial charge in [-0.15, -0.1) is 0 Å². The van der Waals surface area contributed by atoms with Crippen LogP contribution in [0.5, 0.6) is 5.75 Å². The maximum Gasteiger partial charge on any atom is 0.253 e. The number of amides is 2. The van der Waals surface area contributed by atoms with Crippen LogP contribution in [-0.2, 0) is 4.79 Å². The van der Waals surface area contributed by atoms with Crippen molar-refractivity contribution in [2.45, 2.75) is 27.2 Å². The molecule has 0 fully saturated rings. The van der Waals surface area contributed by atoms with Gasteiger partial charge in [-0.1, -0.05) is 6.08 Å². The predicted octanol–water partition coefficient (Wildman–Crippen LogP) is 2.08. The third-order valence-corrected chi connectivity index (χ3v) is 4.74. The van der Waals surface area contributed by atoms with Crippen LogP contribution in [0, 0.1) is 19.8 Å². The number of carbonyl (C=O) groups excluding carboxylic acids is 2. The largest absolute Gasteiger partial charge is 0.494 e. The van der Waals surface area contributed by atoms with E-state index < -0.39 is 0 Å². The summed E-state index contributed by atoms with van der Waals surface area (Å²) in [5, 5.41) is 4.59. The highest BCUT2D eigenvalue weighted by atomic mass is 16.5. The molecule has 1 unspecified atom stereocenters. The number of hydrogen-bond acceptors (Lipinski definition) is 3. The van der Waals surface area contributed by atoms with E-state index >= 15 is 0 Å². The molecule has 1 atom stereocenters. The number of aryl methyl sites for hydroxylation is 2. The Balaban J connectivity index is 1.61. The fourth-order valence-electron chi connectivity index (χ4n) is 3.06. The van der Waals surface area contributed by atoms with Crippen LogP contribution >= 0.6 is 0 Å². The summed E-state index contributed by atoms with van der Waals surface area (Å²) in [6, 6.07) is 11.0. The van der Waals surface area contributed by atoms with Crippen LogP contribution < -0.4 is 20.6 Å². The minimum atomic E-state index is -0.305. The van der Waals surface area contributed by atoms with Gasteiger partial charge in [-0.3, -0.25) is 9.59 Å². The van der Waals surface area contributed by atoms with Crippen molar-refractivity contribution in [1.29, 1.82) is 0 Å². The molecule has 27 heavy (non-hydrogen) atoms. The predicted molar refractivity (Wildman–Crippen MR) is 104 cm³/mol. The molecule has 5 nitrogen and oxygen atoms in total. The number of fused-ring (bicyclic) bond motifs is 1. The summed E-state index contributed by atoms with van der Waals surface area (Å²) in [6.07, 6.45) is 2.48. The van der Waals surface area contributed by atoms with Crippen molar-refractivity contribution < 1.29 is 14.3 Å². The lowest BCUT2D eigenvalue weighted by Crippen LogP contribution is -2.36. The smallest absolute Gasteiger partial charge is 0.253 e. The molecule has 3 rings (SSSR count). The van der Waals surface area contributed by atoms with Crippen molar-refractivity contribution in [1.82, 2.24) is 5.32 Å². The molecule has 0 radical (unpaired) electrons. The Morgan fingerprint density at radius 2 is 1.85 bits per heavy atom. The fourth-order valence-corrected chi connectivity index (χ4v) is 3.06. The van der Waals surface area contributed by atoms with E-state index in [1.54, 1.807) is 24.3 Å². The van der Waals surface area contributed by atoms with Crippen LogP contribution in [0.15, 0.2) is 41.4 Å². The van der Waals surface area contributed by atoms with Crippen LogP contribution in [0.1, 0.15) is 34.8 Å². The summed E-state index contributed by atoms with van der Waals surface area (Å²) in [7, 11) is 0. The monoisotopic (exact) mass is 364 g/mol. The zero-order chi connectivity index (χ0) is 19.4. The van der Waals surface area contributed by atoms with E-state index in [1.807, 2.05) is 32.9 Å². The van der Waals surface area contributed by atoms with E-state index in [1.165, 1.54) is 5.56 Å². The Morgan fingerprint density at radius 1 is 1.15 bits per heavy atom. The first-order valence-corrected chi connectivity index (χ1v) is 9.20. The highest BCUT2D eigenvalue weighted by molar-refractivity contribution is 5.94. The lowest BCUT2D eigenvalue weighted by Gasteiger charge is -2.14. The fraction of sp³-hybridized carbons (Fsp3) is 0.318. The average Bonchev–Trinajstić information content (AvgIpc) is 2.64. The van der Waals surface area contributed by atoms with Gasteiger partial charge in [0, 0.05) is 12.1 Å². The van der Waals surface area contributed by atoms with Gasteiger partial charge in [-0.05, 0) is 79.9 Å². The molecule has 0 aromatic heterocycles. The zero-order valence-electron chi connectivity index (χ0n) is 15.9. The molecular weight excluding hydrogens is 340 g/mol. The molecule has 2 amide bonds. The van der Waals surface area contributed by atoms with Gasteiger partial charge < -0.3 is 10.1 Å². The van der Waals surface area contributed by atoms with Gasteiger partial charge in [-0.25, -0.2) is 4.99 Å². The van der Waals surface area contributed by atoms with Crippen LogP contribution in [0.25, 0.3) is 6.08 Å². The van der Waals surface area contributed by atoms with E-state index in [0.29, 0.717) is 25.1 Å². The van der Waals surface area contributed by atoms with Gasteiger partial charge >= 0.3 is 0 Å². The number of nitrogens with one attached hydrogen (secondary N) is 1. The number of benzene rings is 2. The van der Waals surface area contributed by atoms with E-state index in [2.05, 4.69) is 16.4 Å². The van der Waals surface area contributed by atoms with E-state index in [9.17, 15) is 9.59 Å². The lowest BCUT2D eigenvalue weighted by atomic mass is 9.98. The first-order valence-electron chi connectivity index (χ1n) is 9.20. The average molecular weight is 364 g/mol. The van der Waals surface area contributed by atoms with Crippen LogP contribution in [0.2, 0.25) is 0 Å². The Morgan fingerprint density at radius 3 is 2.56 bits per heavy atom. The van der Waals surface area contributed by atoms with E-state index in [-0.39, 0.29) is 17.7 Å². The second kappa shape index (κ2) is 8.16. The quantitative estimate of drug-likeness (QED) is 0.853. The maximum atomic E-state index is 12.3. The van der Waals surface area contributed by atoms with E-state index in [4.69, 9.17) is 4.74 Å². The van der Waals surface area contributed by atoms with E-state index in [0.717, 1.165) is 21.9 Å². The highest BCUT2D eigenvalue weighted by Gasteiger charge is 2.18. The molecular formula is C22H24N2O3. The molecule has 1 N–H and O–H groups in total. The molecule has 1 aliphatic rings. The molecule has 2 aromatic rings. The lowest BCUT2D eigenvalue weighted by molar-refractivity contribution is -0.120. The van der Waals surface area contributed by atoms with Crippen molar-refractivity contribution in [2.24, 2.45) is 10.9 Å². The van der Waals surface area contributed by atoms with Gasteiger partial charge in [-0.2, -0.15) is 0 Å². The Bertz CT molecular complexity index is 978. The number of ether oxygens (including phenoxy) is 1. The van der Waals surface area contributed by atoms with Gasteiger partial charge in [0.05, 0.1) is 17.9 Å². The van der Waals surface area contributed by atoms with Crippen molar-refractivity contribution in [3.8, 4) is 5.75 Å². The first kappa shape index (κ1) is 18.8. The summed E-state index contributed by atoms with van der Waals surface area (Å²) >= 11 is 0. The van der Waals surface area contributed by atoms with Crippen molar-refractivity contribution >= 4 is 17.9 Å². The number of rotatable bonds is 6. The molecule has 1 aliphatic heterocycles. The maximum absolute atomic E-state index is 12.3. The standard InChI is InChI=1S/C22H24N2O3/c1-4-27-19-7-5-16(6-8-19)21(25)23-10-9-17-13-18-11-14(2)15(3)12-20(18)24-22(17)26/h5-8,11-13,17H,4,9-10H2,1-3H3,(H,23,25). The van der Waals surface area contributed by atoms with Gasteiger partial charge in [0.2, 0.25) is 0 Å². The molecule has 0 saturated carbocycles. The SMILES string of the molecule is CCOc1ccc(C(=O)NCCC2C=c3cc(C)c(C)cc3=NC2=O)cc1. The highest BCUT2D eigenvalue weighted by Crippen LogP contribution is 2.13. The third kappa shape index (κ3) is 4.42. The summed E-state index contributed by atoms with van der Waals surface area (Å²) in [5.74, 6) is 0.119. The van der Waals surface area contributed by atoms with Crippen molar-refractivity contribution in [2.75, 3.05) is 13.2 Å². The molecule has 5 heteroatoms. The number of carbonyl (C=O) groups is 2. The van der Waals surface area contributed by atoms with Gasteiger partial charge in [0.25, 0.3) is 11.8 Å². The number of hydrogen-bond donors (Lipinski definition) is 1. The topological polar surface area (TPSA) is 67.8 Å². The molecule has 0 spiro atoms. The van der Waals surface area contributed by atoms with Crippen LogP contribution in [-0.4, -0.2) is 25.0 Å². The first-order chi connectivity index (χ1) is 13.0. The zero-order valence-corrected chi connectivity index (χ0v) is 15.9. The van der Waals surface area contributed by atoms with Crippen LogP contribution in [0.3, 0.4) is 0 Å². The summed E-state index contributed by atoms with van der Waals surface area (Å²) in [6.45, 7) is 6.97. The van der Waals surface area contributed by atoms with Crippen LogP contribution in [0.4, 0.5) is 0 Å². The summed E-state index contributed by atoms with van der Waals surface area (Å²) in [5.41, 5.74) is 2.87. The summed E-state index contributed by atoms with van der Waals surface area (Å²) in [4.78, 5) is 28.7. The van der Waals surface area contributed by atoms with Crippen molar-refractivity contribution in [3.63, 3.8) is 0 Å². The molecule has 0 saturated heterocycles. The summed E-state index contributed by atoms with van der Waals surface area (Å²) < 4.78 is 5.37. The van der Waals surface area contributed by atoms with Crippen molar-refractivity contribution in [3.05, 3.63) is 63.7 Å². The Kier molecular flexibility index (Phi) is 5.69. The molecule has 0 bridgehead atoms. The van der Waals surface area contributed by atoms with Gasteiger partial charge in [0.15, 0.2) is 0 Å². The molecule has 1 heterocycles. The molecule has 2 aromatic carbocycles. The minimum absolute atomic E-state index is 0.152. The minimum Gasteiger partial charge on any atom is -0.494 e. The Labute approximate surface area is 158 Å². The second-order valence-corrected chi connectivity index (χ2v) is 6.72. The second-order valence-electron chi connectivity index (χ2n) is 6.72. The molecule has 140 valence electrons. The third-order valence-electron chi connectivity index (χ3n) is 4.74. The van der Waals surface area contributed by atoms with Gasteiger partial charge in [0.1, 0.15) is 5.75 Å².